The maximum Gasteiger partial charge on any atom is 0.114 e. The van der Waals surface area contributed by atoms with Crippen molar-refractivity contribution in [2.75, 3.05) is 0 Å². The molecule has 5 heterocycles. The first kappa shape index (κ1) is 35.1. The number of pyridine rings is 1. The number of hydrogen-bond acceptors (Lipinski definition) is 4. The van der Waals surface area contributed by atoms with Crippen LogP contribution in [0.3, 0.4) is 0 Å². The molecule has 0 aliphatic heterocycles. The van der Waals surface area contributed by atoms with Crippen molar-refractivity contribution in [1.82, 2.24) is 14.1 Å². The molecular formula is C52H35IN4S2. The zero-order valence-electron chi connectivity index (χ0n) is 32.3. The van der Waals surface area contributed by atoms with Gasteiger partial charge in [0.25, 0.3) is 0 Å². The van der Waals surface area contributed by atoms with E-state index in [-0.39, 0.29) is 0 Å². The Hall–Kier alpha value is -5.87. The molecule has 0 fully saturated rings. The standard InChI is InChI=1S/C52H35IN4S2/c1-3-54-51-30(2)56(45-16-10-22-55-52(45)51)46-28-41-40-27-32(19-21-49(40)59-50(41)29-42(46)53)34-23-33(31-18-20-48-39(26-31)38-13-6-9-17-47(38)58-48)24-35(25-34)57-43-14-7-4-11-36(43)37-12-5-8-15-44(37)57/h3-28,42H,29H2,1-2H3/b54-3-. The van der Waals surface area contributed by atoms with Crippen molar-refractivity contribution >= 4 is 132 Å². The molecule has 0 amide bonds. The first-order chi connectivity index (χ1) is 29.0. The van der Waals surface area contributed by atoms with Gasteiger partial charge in [0.05, 0.1) is 20.5 Å². The minimum Gasteiger partial charge on any atom is -0.313 e. The van der Waals surface area contributed by atoms with Crippen molar-refractivity contribution in [3.05, 3.63) is 162 Å². The number of fused-ring (bicyclic) bond motifs is 10. The van der Waals surface area contributed by atoms with Gasteiger partial charge in [-0.1, -0.05) is 89.3 Å². The van der Waals surface area contributed by atoms with Crippen molar-refractivity contribution in [2.24, 2.45) is 4.99 Å². The number of rotatable bonds is 5. The van der Waals surface area contributed by atoms with E-state index in [1.807, 2.05) is 48.1 Å². The van der Waals surface area contributed by atoms with Gasteiger partial charge in [-0.15, -0.1) is 22.7 Å². The van der Waals surface area contributed by atoms with Gasteiger partial charge < -0.3 is 9.13 Å². The molecule has 11 aromatic rings. The van der Waals surface area contributed by atoms with Gasteiger partial charge in [0.15, 0.2) is 0 Å². The smallest absolute Gasteiger partial charge is 0.114 e. The summed E-state index contributed by atoms with van der Waals surface area (Å²) in [6.07, 6.45) is 7.16. The highest BCUT2D eigenvalue weighted by atomic mass is 127. The van der Waals surface area contributed by atoms with Gasteiger partial charge in [0.2, 0.25) is 0 Å². The maximum absolute atomic E-state index is 4.78. The molecule has 12 rings (SSSR count). The third kappa shape index (κ3) is 5.44. The van der Waals surface area contributed by atoms with Gasteiger partial charge in [0.1, 0.15) is 11.2 Å². The van der Waals surface area contributed by atoms with Crippen LogP contribution in [0.4, 0.5) is 5.69 Å². The number of benzene rings is 6. The Labute approximate surface area is 362 Å². The summed E-state index contributed by atoms with van der Waals surface area (Å²) < 4.78 is 9.11. The number of hydrogen-bond donors (Lipinski definition) is 0. The van der Waals surface area contributed by atoms with Gasteiger partial charge >= 0.3 is 0 Å². The Morgan fingerprint density at radius 1 is 0.627 bits per heavy atom. The first-order valence-corrected chi connectivity index (χ1v) is 22.8. The van der Waals surface area contributed by atoms with Crippen LogP contribution in [0, 0.1) is 6.92 Å². The van der Waals surface area contributed by atoms with E-state index in [0.717, 1.165) is 34.5 Å². The topological polar surface area (TPSA) is 35.1 Å². The lowest BCUT2D eigenvalue weighted by Crippen LogP contribution is -2.15. The summed E-state index contributed by atoms with van der Waals surface area (Å²) in [6.45, 7) is 4.15. The number of alkyl halides is 1. The van der Waals surface area contributed by atoms with E-state index < -0.39 is 0 Å². The molecule has 7 heteroatoms. The van der Waals surface area contributed by atoms with Crippen LogP contribution in [0.5, 0.6) is 0 Å². The molecule has 1 unspecified atom stereocenters. The van der Waals surface area contributed by atoms with E-state index in [1.165, 1.54) is 90.5 Å². The molecule has 282 valence electrons. The molecule has 1 aliphatic carbocycles. The molecule has 5 aromatic heterocycles. The number of aromatic nitrogens is 3. The third-order valence-corrected chi connectivity index (χ3v) is 15.5. The predicted octanol–water partition coefficient (Wildman–Crippen LogP) is 15.4. The minimum atomic E-state index is 0.309. The highest BCUT2D eigenvalue weighted by molar-refractivity contribution is 14.1. The molecular weight excluding hydrogens is 872 g/mol. The van der Waals surface area contributed by atoms with Gasteiger partial charge in [-0.2, -0.15) is 0 Å². The molecule has 4 nitrogen and oxygen atoms in total. The predicted molar refractivity (Wildman–Crippen MR) is 264 cm³/mol. The van der Waals surface area contributed by atoms with Gasteiger partial charge in [0, 0.05) is 75.4 Å². The lowest BCUT2D eigenvalue weighted by molar-refractivity contribution is 0.968. The fourth-order valence-electron chi connectivity index (χ4n) is 9.38. The van der Waals surface area contributed by atoms with Gasteiger partial charge in [-0.25, -0.2) is 0 Å². The highest BCUT2D eigenvalue weighted by Crippen LogP contribution is 2.46. The Kier molecular flexibility index (Phi) is 8.09. The van der Waals surface area contributed by atoms with Crippen LogP contribution in [-0.4, -0.2) is 24.3 Å². The van der Waals surface area contributed by atoms with Crippen molar-refractivity contribution in [1.29, 1.82) is 0 Å². The third-order valence-electron chi connectivity index (χ3n) is 12.0. The minimum absolute atomic E-state index is 0.309. The largest absolute Gasteiger partial charge is 0.313 e. The molecule has 6 aromatic carbocycles. The summed E-state index contributed by atoms with van der Waals surface area (Å²) in [5.41, 5.74) is 15.1. The molecule has 0 bridgehead atoms. The Balaban J connectivity index is 1.07. The Bertz CT molecular complexity index is 3540. The van der Waals surface area contributed by atoms with Crippen LogP contribution in [-0.2, 0) is 6.42 Å². The van der Waals surface area contributed by atoms with Crippen LogP contribution in [0.2, 0.25) is 0 Å². The van der Waals surface area contributed by atoms with Crippen molar-refractivity contribution in [3.8, 4) is 27.9 Å². The SMILES string of the molecule is C/C=N\c1c(C)n(C2=Cc3c(sc4ccc(-c5cc(-c6ccc7sc8ccccc8c7c6)cc(-n6c7ccccc7c7ccccc76)c5)cc34)CC2I)c2cccnc12. The fourth-order valence-corrected chi connectivity index (χ4v) is 12.9. The van der Waals surface area contributed by atoms with E-state index in [2.05, 4.69) is 178 Å². The highest BCUT2D eigenvalue weighted by Gasteiger charge is 2.28. The van der Waals surface area contributed by atoms with E-state index in [1.54, 1.807) is 0 Å². The number of thiophene rings is 2. The Morgan fingerprint density at radius 2 is 1.25 bits per heavy atom. The van der Waals surface area contributed by atoms with E-state index in [4.69, 9.17) is 9.98 Å². The van der Waals surface area contributed by atoms with Crippen LogP contribution in [0.15, 0.2) is 151 Å². The quantitative estimate of drug-likeness (QED) is 0.0963. The average molecular weight is 907 g/mol. The second kappa shape index (κ2) is 13.6. The van der Waals surface area contributed by atoms with Crippen molar-refractivity contribution in [2.45, 2.75) is 24.2 Å². The van der Waals surface area contributed by atoms with Gasteiger partial charge in [-0.05, 0) is 127 Å². The molecule has 0 saturated carbocycles. The molecule has 1 atom stereocenters. The average Bonchev–Trinajstić information content (AvgIpc) is 4.00. The van der Waals surface area contributed by atoms with E-state index >= 15 is 0 Å². The molecule has 0 saturated heterocycles. The summed E-state index contributed by atoms with van der Waals surface area (Å²) >= 11 is 6.44. The van der Waals surface area contributed by atoms with Crippen LogP contribution >= 0.6 is 45.3 Å². The first-order valence-electron chi connectivity index (χ1n) is 19.9. The van der Waals surface area contributed by atoms with Crippen molar-refractivity contribution in [3.63, 3.8) is 0 Å². The molecule has 0 radical (unpaired) electrons. The Morgan fingerprint density at radius 3 is 1.98 bits per heavy atom. The molecule has 0 N–H and O–H groups in total. The zero-order chi connectivity index (χ0) is 39.4. The number of nitrogens with zero attached hydrogens (tertiary/aromatic N) is 4. The number of allylic oxidation sites excluding steroid dienone is 1. The second-order valence-electron chi connectivity index (χ2n) is 15.4. The van der Waals surface area contributed by atoms with Gasteiger partial charge in [-0.3, -0.25) is 9.98 Å². The van der Waals surface area contributed by atoms with Crippen molar-refractivity contribution < 1.29 is 0 Å². The lowest BCUT2D eigenvalue weighted by atomic mass is 9.94. The van der Waals surface area contributed by atoms with Crippen LogP contribution in [0.1, 0.15) is 23.1 Å². The number of halogens is 1. The summed E-state index contributed by atoms with van der Waals surface area (Å²) in [6, 6.07) is 51.9. The van der Waals surface area contributed by atoms with E-state index in [0.29, 0.717) is 3.92 Å². The molecule has 1 aliphatic rings. The monoisotopic (exact) mass is 906 g/mol. The lowest BCUT2D eigenvalue weighted by Gasteiger charge is -2.23. The summed E-state index contributed by atoms with van der Waals surface area (Å²) in [4.78, 5) is 11.0. The normalized spacial score (nSPS) is 14.5. The second-order valence-corrected chi connectivity index (χ2v) is 19.1. The summed E-state index contributed by atoms with van der Waals surface area (Å²) in [5.74, 6) is 0. The fraction of sp³-hybridized carbons (Fsp3) is 0.0769. The molecule has 59 heavy (non-hydrogen) atoms. The van der Waals surface area contributed by atoms with Crippen LogP contribution in [0.25, 0.3) is 103 Å². The zero-order valence-corrected chi connectivity index (χ0v) is 36.1. The van der Waals surface area contributed by atoms with Crippen LogP contribution < -0.4 is 0 Å². The van der Waals surface area contributed by atoms with E-state index in [9.17, 15) is 0 Å². The number of para-hydroxylation sites is 2. The number of aliphatic imine (C=N–C) groups is 1. The maximum atomic E-state index is 4.78. The summed E-state index contributed by atoms with van der Waals surface area (Å²) in [7, 11) is 0. The molecule has 0 spiro atoms. The summed E-state index contributed by atoms with van der Waals surface area (Å²) in [5, 5.41) is 6.45.